The Bertz CT molecular complexity index is 912. The van der Waals surface area contributed by atoms with Crippen LogP contribution in [0.3, 0.4) is 0 Å². The van der Waals surface area contributed by atoms with Crippen molar-refractivity contribution in [3.05, 3.63) is 59.7 Å². The van der Waals surface area contributed by atoms with Gasteiger partial charge in [-0.1, -0.05) is 35.0 Å². The maximum atomic E-state index is 12.6. The van der Waals surface area contributed by atoms with Crippen molar-refractivity contribution in [2.45, 2.75) is 6.92 Å². The zero-order valence-electron chi connectivity index (χ0n) is 14.5. The fraction of sp³-hybridized carbons (Fsp3) is 0.250. The van der Waals surface area contributed by atoms with Crippen molar-refractivity contribution in [3.8, 4) is 22.8 Å². The third-order valence-electron chi connectivity index (χ3n) is 4.39. The SMILES string of the molecule is Cc1ccc(-c2nc(-c3cccc(C(=O)N4CCOCC4)c3)no2)cc1. The molecule has 1 saturated heterocycles. The van der Waals surface area contributed by atoms with Gasteiger partial charge in [0.1, 0.15) is 0 Å². The lowest BCUT2D eigenvalue weighted by Crippen LogP contribution is -2.40. The van der Waals surface area contributed by atoms with Crippen LogP contribution < -0.4 is 0 Å². The first-order chi connectivity index (χ1) is 12.7. The van der Waals surface area contributed by atoms with Crippen molar-refractivity contribution in [2.75, 3.05) is 26.3 Å². The predicted molar refractivity (Wildman–Crippen MR) is 96.6 cm³/mol. The van der Waals surface area contributed by atoms with Gasteiger partial charge in [-0.2, -0.15) is 4.98 Å². The molecule has 6 heteroatoms. The van der Waals surface area contributed by atoms with Gasteiger partial charge in [-0.25, -0.2) is 0 Å². The fourth-order valence-electron chi connectivity index (χ4n) is 2.89. The van der Waals surface area contributed by atoms with Crippen LogP contribution in [-0.4, -0.2) is 47.3 Å². The van der Waals surface area contributed by atoms with E-state index in [0.717, 1.165) is 11.1 Å². The molecular weight excluding hydrogens is 330 g/mol. The number of aryl methyl sites for hydroxylation is 1. The normalized spacial score (nSPS) is 14.4. The summed E-state index contributed by atoms with van der Waals surface area (Å²) in [7, 11) is 0. The average molecular weight is 349 g/mol. The Morgan fingerprint density at radius 1 is 1.04 bits per heavy atom. The van der Waals surface area contributed by atoms with Gasteiger partial charge in [-0.15, -0.1) is 0 Å². The Hall–Kier alpha value is -2.99. The smallest absolute Gasteiger partial charge is 0.258 e. The maximum Gasteiger partial charge on any atom is 0.258 e. The molecule has 0 atom stereocenters. The third kappa shape index (κ3) is 3.36. The van der Waals surface area contributed by atoms with Gasteiger partial charge in [0, 0.05) is 29.8 Å². The van der Waals surface area contributed by atoms with E-state index in [-0.39, 0.29) is 5.91 Å². The van der Waals surface area contributed by atoms with Gasteiger partial charge in [-0.05, 0) is 31.2 Å². The van der Waals surface area contributed by atoms with Crippen molar-refractivity contribution < 1.29 is 14.1 Å². The van der Waals surface area contributed by atoms with E-state index < -0.39 is 0 Å². The number of carbonyl (C=O) groups is 1. The molecule has 2 heterocycles. The quantitative estimate of drug-likeness (QED) is 0.726. The summed E-state index contributed by atoms with van der Waals surface area (Å²) in [4.78, 5) is 18.9. The fourth-order valence-corrected chi connectivity index (χ4v) is 2.89. The van der Waals surface area contributed by atoms with E-state index in [1.54, 1.807) is 4.90 Å². The number of nitrogens with zero attached hydrogens (tertiary/aromatic N) is 3. The molecule has 26 heavy (non-hydrogen) atoms. The van der Waals surface area contributed by atoms with E-state index >= 15 is 0 Å². The standard InChI is InChI=1S/C20H19N3O3/c1-14-5-7-15(8-6-14)19-21-18(22-26-19)16-3-2-4-17(13-16)20(24)23-9-11-25-12-10-23/h2-8,13H,9-12H2,1H3. The first-order valence-corrected chi connectivity index (χ1v) is 8.59. The van der Waals surface area contributed by atoms with Crippen LogP contribution in [0, 0.1) is 6.92 Å². The first-order valence-electron chi connectivity index (χ1n) is 8.59. The lowest BCUT2D eigenvalue weighted by Gasteiger charge is -2.26. The molecular formula is C20H19N3O3. The number of morpholine rings is 1. The lowest BCUT2D eigenvalue weighted by atomic mass is 10.1. The molecule has 0 unspecified atom stereocenters. The zero-order valence-corrected chi connectivity index (χ0v) is 14.5. The highest BCUT2D eigenvalue weighted by Gasteiger charge is 2.19. The predicted octanol–water partition coefficient (Wildman–Crippen LogP) is 3.18. The maximum absolute atomic E-state index is 12.6. The number of benzene rings is 2. The van der Waals surface area contributed by atoms with E-state index in [9.17, 15) is 4.79 Å². The molecule has 0 radical (unpaired) electrons. The number of rotatable bonds is 3. The van der Waals surface area contributed by atoms with Crippen molar-refractivity contribution in [1.82, 2.24) is 15.0 Å². The van der Waals surface area contributed by atoms with E-state index in [0.29, 0.717) is 43.6 Å². The van der Waals surface area contributed by atoms with E-state index in [1.165, 1.54) is 5.56 Å². The second kappa shape index (κ2) is 7.09. The summed E-state index contributed by atoms with van der Waals surface area (Å²) in [6.07, 6.45) is 0. The molecule has 1 aromatic heterocycles. The van der Waals surface area contributed by atoms with Gasteiger partial charge < -0.3 is 14.2 Å². The minimum atomic E-state index is -0.00240. The third-order valence-corrected chi connectivity index (χ3v) is 4.39. The second-order valence-corrected chi connectivity index (χ2v) is 6.27. The molecule has 1 aliphatic heterocycles. The minimum Gasteiger partial charge on any atom is -0.378 e. The molecule has 0 spiro atoms. The Kier molecular flexibility index (Phi) is 4.50. The van der Waals surface area contributed by atoms with Gasteiger partial charge in [-0.3, -0.25) is 4.79 Å². The summed E-state index contributed by atoms with van der Waals surface area (Å²) in [5.41, 5.74) is 3.41. The molecule has 3 aromatic rings. The molecule has 2 aromatic carbocycles. The monoisotopic (exact) mass is 349 g/mol. The van der Waals surface area contributed by atoms with Gasteiger partial charge in [0.2, 0.25) is 5.82 Å². The van der Waals surface area contributed by atoms with E-state index in [1.807, 2.05) is 55.5 Å². The van der Waals surface area contributed by atoms with E-state index in [4.69, 9.17) is 9.26 Å². The van der Waals surface area contributed by atoms with Crippen LogP contribution in [0.4, 0.5) is 0 Å². The Morgan fingerprint density at radius 3 is 2.58 bits per heavy atom. The highest BCUT2D eigenvalue weighted by Crippen LogP contribution is 2.23. The molecule has 132 valence electrons. The zero-order chi connectivity index (χ0) is 17.9. The van der Waals surface area contributed by atoms with Crippen LogP contribution >= 0.6 is 0 Å². The minimum absolute atomic E-state index is 0.00240. The summed E-state index contributed by atoms with van der Waals surface area (Å²) >= 11 is 0. The van der Waals surface area contributed by atoms with Crippen LogP contribution in [0.25, 0.3) is 22.8 Å². The van der Waals surface area contributed by atoms with Gasteiger partial charge in [0.15, 0.2) is 0 Å². The van der Waals surface area contributed by atoms with Crippen LogP contribution in [0.1, 0.15) is 15.9 Å². The van der Waals surface area contributed by atoms with Crippen LogP contribution in [0.2, 0.25) is 0 Å². The van der Waals surface area contributed by atoms with Crippen LogP contribution in [0.15, 0.2) is 53.1 Å². The lowest BCUT2D eigenvalue weighted by molar-refractivity contribution is 0.0303. The molecule has 0 bridgehead atoms. The highest BCUT2D eigenvalue weighted by molar-refractivity contribution is 5.95. The van der Waals surface area contributed by atoms with E-state index in [2.05, 4.69) is 10.1 Å². The van der Waals surface area contributed by atoms with Gasteiger partial charge in [0.25, 0.3) is 11.8 Å². The summed E-state index contributed by atoms with van der Waals surface area (Å²) in [6, 6.07) is 15.2. The largest absolute Gasteiger partial charge is 0.378 e. The molecule has 4 rings (SSSR count). The van der Waals surface area contributed by atoms with Crippen molar-refractivity contribution >= 4 is 5.91 Å². The molecule has 1 aliphatic rings. The summed E-state index contributed by atoms with van der Waals surface area (Å²) in [5, 5.41) is 4.07. The molecule has 1 amide bonds. The van der Waals surface area contributed by atoms with Gasteiger partial charge >= 0.3 is 0 Å². The molecule has 1 fully saturated rings. The topological polar surface area (TPSA) is 68.5 Å². The summed E-state index contributed by atoms with van der Waals surface area (Å²) < 4.78 is 10.7. The summed E-state index contributed by atoms with van der Waals surface area (Å²) in [5.74, 6) is 0.930. The average Bonchev–Trinajstić information content (AvgIpc) is 3.19. The van der Waals surface area contributed by atoms with Crippen molar-refractivity contribution in [3.63, 3.8) is 0 Å². The highest BCUT2D eigenvalue weighted by atomic mass is 16.5. The van der Waals surface area contributed by atoms with Crippen molar-refractivity contribution in [1.29, 1.82) is 0 Å². The number of hydrogen-bond acceptors (Lipinski definition) is 5. The second-order valence-electron chi connectivity index (χ2n) is 6.27. The first kappa shape index (κ1) is 16.5. The number of amides is 1. The number of ether oxygens (including phenoxy) is 1. The molecule has 0 saturated carbocycles. The molecule has 6 nitrogen and oxygen atoms in total. The Balaban J connectivity index is 1.58. The number of hydrogen-bond donors (Lipinski definition) is 0. The number of carbonyl (C=O) groups excluding carboxylic acids is 1. The number of aromatic nitrogens is 2. The van der Waals surface area contributed by atoms with Gasteiger partial charge in [0.05, 0.1) is 13.2 Å². The Morgan fingerprint density at radius 2 is 1.81 bits per heavy atom. The van der Waals surface area contributed by atoms with Crippen LogP contribution in [0.5, 0.6) is 0 Å². The molecule has 0 N–H and O–H groups in total. The Labute approximate surface area is 151 Å². The molecule has 0 aliphatic carbocycles. The summed E-state index contributed by atoms with van der Waals surface area (Å²) in [6.45, 7) is 4.41. The van der Waals surface area contributed by atoms with Crippen LogP contribution in [-0.2, 0) is 4.74 Å². The van der Waals surface area contributed by atoms with Crippen molar-refractivity contribution in [2.24, 2.45) is 0 Å².